The Balaban J connectivity index is 1.23. The molecule has 2 saturated heterocycles. The number of piperidine rings is 1. The Bertz CT molecular complexity index is 950. The first-order valence-corrected chi connectivity index (χ1v) is 12.7. The van der Waals surface area contributed by atoms with E-state index < -0.39 is 0 Å². The first kappa shape index (κ1) is 22.3. The monoisotopic (exact) mass is 448 g/mol. The van der Waals surface area contributed by atoms with Crippen molar-refractivity contribution in [2.24, 2.45) is 0 Å². The zero-order chi connectivity index (χ0) is 22.6. The highest BCUT2D eigenvalue weighted by atomic mass is 16.5. The lowest BCUT2D eigenvalue weighted by Gasteiger charge is -2.34. The van der Waals surface area contributed by atoms with Gasteiger partial charge in [-0.25, -0.2) is 9.97 Å². The molecule has 33 heavy (non-hydrogen) atoms. The summed E-state index contributed by atoms with van der Waals surface area (Å²) in [5.74, 6) is 2.71. The number of hydrogen-bond donors (Lipinski definition) is 0. The maximum Gasteiger partial charge on any atom is 0.222 e. The third-order valence-electron chi connectivity index (χ3n) is 7.50. The minimum absolute atomic E-state index is 0.278. The molecule has 1 aromatic carbocycles. The molecule has 3 aliphatic rings. The van der Waals surface area contributed by atoms with Crippen LogP contribution in [0, 0.1) is 6.92 Å². The molecule has 0 bridgehead atoms. The number of amides is 1. The number of carbonyl (C=O) groups is 1. The molecule has 2 aromatic rings. The van der Waals surface area contributed by atoms with Crippen LogP contribution in [0.1, 0.15) is 73.5 Å². The normalized spacial score (nSPS) is 21.3. The molecular weight excluding hydrogens is 412 g/mol. The standard InChI is InChI=1S/C27H36N4O2/c1-20-24-10-5-15-31(19-21-7-3-2-4-8-21)27(24)29-26(28-20)22-13-16-30(17-14-22)25(32)12-11-23-9-6-18-33-23/h2-4,7-8,22-23H,5-6,9-19H2,1H3/t23-/m1/s1. The molecule has 5 rings (SSSR count). The number of anilines is 1. The first-order chi connectivity index (χ1) is 16.2. The third-order valence-corrected chi connectivity index (χ3v) is 7.50. The van der Waals surface area contributed by atoms with Crippen molar-refractivity contribution in [3.05, 3.63) is 53.0 Å². The van der Waals surface area contributed by atoms with E-state index in [1.807, 2.05) is 4.90 Å². The fourth-order valence-electron chi connectivity index (χ4n) is 5.55. The van der Waals surface area contributed by atoms with E-state index in [1.54, 1.807) is 0 Å². The number of aryl methyl sites for hydroxylation is 1. The number of hydrogen-bond acceptors (Lipinski definition) is 5. The summed E-state index contributed by atoms with van der Waals surface area (Å²) in [6, 6.07) is 10.7. The maximum absolute atomic E-state index is 12.7. The summed E-state index contributed by atoms with van der Waals surface area (Å²) in [6.07, 6.45) is 8.10. The van der Waals surface area contributed by atoms with Gasteiger partial charge in [-0.1, -0.05) is 30.3 Å². The molecule has 2 fully saturated rings. The van der Waals surface area contributed by atoms with Crippen molar-refractivity contribution in [3.8, 4) is 0 Å². The molecule has 0 radical (unpaired) electrons. The van der Waals surface area contributed by atoms with Gasteiger partial charge in [-0.15, -0.1) is 0 Å². The van der Waals surface area contributed by atoms with Gasteiger partial charge in [0.1, 0.15) is 11.6 Å². The van der Waals surface area contributed by atoms with Gasteiger partial charge >= 0.3 is 0 Å². The number of aromatic nitrogens is 2. The van der Waals surface area contributed by atoms with Crippen LogP contribution in [0.5, 0.6) is 0 Å². The molecule has 6 heteroatoms. The number of nitrogens with zero attached hydrogens (tertiary/aromatic N) is 4. The molecule has 1 atom stereocenters. The van der Waals surface area contributed by atoms with Crippen molar-refractivity contribution in [1.29, 1.82) is 0 Å². The fourth-order valence-corrected chi connectivity index (χ4v) is 5.55. The van der Waals surface area contributed by atoms with Crippen molar-refractivity contribution < 1.29 is 9.53 Å². The Kier molecular flexibility index (Phi) is 6.91. The van der Waals surface area contributed by atoms with E-state index in [0.717, 1.165) is 95.1 Å². The number of fused-ring (bicyclic) bond motifs is 1. The highest BCUT2D eigenvalue weighted by Gasteiger charge is 2.29. The summed E-state index contributed by atoms with van der Waals surface area (Å²) in [5, 5.41) is 0. The SMILES string of the molecule is Cc1nc(C2CCN(C(=O)CC[C@H]3CCCO3)CC2)nc2c1CCCN2Cc1ccccc1. The Morgan fingerprint density at radius 2 is 1.88 bits per heavy atom. The lowest BCUT2D eigenvalue weighted by Crippen LogP contribution is -2.38. The fraction of sp³-hybridized carbons (Fsp3) is 0.593. The number of rotatable bonds is 6. The van der Waals surface area contributed by atoms with E-state index in [9.17, 15) is 4.79 Å². The molecule has 0 aliphatic carbocycles. The lowest BCUT2D eigenvalue weighted by molar-refractivity contribution is -0.132. The average molecular weight is 449 g/mol. The van der Waals surface area contributed by atoms with Crippen LogP contribution in [-0.4, -0.2) is 53.1 Å². The average Bonchev–Trinajstić information content (AvgIpc) is 3.37. The van der Waals surface area contributed by atoms with Gasteiger partial charge in [0, 0.05) is 56.4 Å². The number of benzene rings is 1. The predicted octanol–water partition coefficient (Wildman–Crippen LogP) is 4.40. The van der Waals surface area contributed by atoms with Gasteiger partial charge in [0.25, 0.3) is 0 Å². The first-order valence-electron chi connectivity index (χ1n) is 12.7. The van der Waals surface area contributed by atoms with Crippen LogP contribution in [0.4, 0.5) is 5.82 Å². The van der Waals surface area contributed by atoms with E-state index in [4.69, 9.17) is 14.7 Å². The van der Waals surface area contributed by atoms with Crippen molar-refractivity contribution >= 4 is 11.7 Å². The number of likely N-dealkylation sites (tertiary alicyclic amines) is 1. The van der Waals surface area contributed by atoms with Gasteiger partial charge in [0.2, 0.25) is 5.91 Å². The highest BCUT2D eigenvalue weighted by Crippen LogP contribution is 2.33. The molecule has 3 aliphatic heterocycles. The Labute approximate surface area is 197 Å². The van der Waals surface area contributed by atoms with Crippen LogP contribution in [0.3, 0.4) is 0 Å². The zero-order valence-corrected chi connectivity index (χ0v) is 19.8. The van der Waals surface area contributed by atoms with Gasteiger partial charge < -0.3 is 14.5 Å². The summed E-state index contributed by atoms with van der Waals surface area (Å²) in [5.41, 5.74) is 3.75. The molecular formula is C27H36N4O2. The van der Waals surface area contributed by atoms with Crippen LogP contribution < -0.4 is 4.90 Å². The van der Waals surface area contributed by atoms with Crippen LogP contribution >= 0.6 is 0 Å². The second kappa shape index (κ2) is 10.2. The minimum atomic E-state index is 0.278. The second-order valence-corrected chi connectivity index (χ2v) is 9.81. The van der Waals surface area contributed by atoms with Crippen molar-refractivity contribution in [2.45, 2.75) is 76.9 Å². The molecule has 4 heterocycles. The number of ether oxygens (including phenoxy) is 1. The van der Waals surface area contributed by atoms with Crippen molar-refractivity contribution in [3.63, 3.8) is 0 Å². The molecule has 0 spiro atoms. The second-order valence-electron chi connectivity index (χ2n) is 9.81. The van der Waals surface area contributed by atoms with Gasteiger partial charge in [-0.3, -0.25) is 4.79 Å². The van der Waals surface area contributed by atoms with Crippen LogP contribution in [-0.2, 0) is 22.5 Å². The quantitative estimate of drug-likeness (QED) is 0.655. The summed E-state index contributed by atoms with van der Waals surface area (Å²) >= 11 is 0. The molecule has 0 saturated carbocycles. The molecule has 1 aromatic heterocycles. The molecule has 0 N–H and O–H groups in total. The Morgan fingerprint density at radius 3 is 2.64 bits per heavy atom. The van der Waals surface area contributed by atoms with Gasteiger partial charge in [0.05, 0.1) is 6.10 Å². The highest BCUT2D eigenvalue weighted by molar-refractivity contribution is 5.76. The summed E-state index contributed by atoms with van der Waals surface area (Å²) in [4.78, 5) is 27.2. The van der Waals surface area contributed by atoms with Crippen LogP contribution in [0.15, 0.2) is 30.3 Å². The van der Waals surface area contributed by atoms with Crippen molar-refractivity contribution in [1.82, 2.24) is 14.9 Å². The molecule has 1 amide bonds. The molecule has 0 unspecified atom stereocenters. The zero-order valence-electron chi connectivity index (χ0n) is 19.8. The third kappa shape index (κ3) is 5.21. The Hall–Kier alpha value is -2.47. The maximum atomic E-state index is 12.7. The van der Waals surface area contributed by atoms with E-state index in [0.29, 0.717) is 12.3 Å². The summed E-state index contributed by atoms with van der Waals surface area (Å²) in [6.45, 7) is 6.54. The lowest BCUT2D eigenvalue weighted by atomic mass is 9.94. The van der Waals surface area contributed by atoms with Crippen LogP contribution in [0.2, 0.25) is 0 Å². The Morgan fingerprint density at radius 1 is 1.06 bits per heavy atom. The molecule has 6 nitrogen and oxygen atoms in total. The van der Waals surface area contributed by atoms with Gasteiger partial charge in [-0.2, -0.15) is 0 Å². The largest absolute Gasteiger partial charge is 0.378 e. The topological polar surface area (TPSA) is 58.6 Å². The van der Waals surface area contributed by atoms with E-state index >= 15 is 0 Å². The molecule has 176 valence electrons. The number of carbonyl (C=O) groups excluding carboxylic acids is 1. The van der Waals surface area contributed by atoms with E-state index in [-0.39, 0.29) is 12.0 Å². The smallest absolute Gasteiger partial charge is 0.222 e. The van der Waals surface area contributed by atoms with Gasteiger partial charge in [-0.05, 0) is 57.4 Å². The minimum Gasteiger partial charge on any atom is -0.378 e. The van der Waals surface area contributed by atoms with Crippen LogP contribution in [0.25, 0.3) is 0 Å². The van der Waals surface area contributed by atoms with E-state index in [1.165, 1.54) is 11.1 Å². The van der Waals surface area contributed by atoms with Gasteiger partial charge in [0.15, 0.2) is 0 Å². The summed E-state index contributed by atoms with van der Waals surface area (Å²) < 4.78 is 5.68. The van der Waals surface area contributed by atoms with E-state index in [2.05, 4.69) is 42.2 Å². The summed E-state index contributed by atoms with van der Waals surface area (Å²) in [7, 11) is 0. The van der Waals surface area contributed by atoms with Crippen molar-refractivity contribution in [2.75, 3.05) is 31.1 Å². The predicted molar refractivity (Wildman–Crippen MR) is 129 cm³/mol.